The monoisotopic (exact) mass is 211 g/mol. The molecule has 1 aliphatic rings. The third-order valence-electron chi connectivity index (χ3n) is 2.74. The summed E-state index contributed by atoms with van der Waals surface area (Å²) >= 11 is 5.90. The van der Waals surface area contributed by atoms with Crippen LogP contribution in [0.25, 0.3) is 0 Å². The van der Waals surface area contributed by atoms with E-state index < -0.39 is 0 Å². The van der Waals surface area contributed by atoms with Crippen LogP contribution in [0.5, 0.6) is 0 Å². The summed E-state index contributed by atoms with van der Waals surface area (Å²) in [7, 11) is 0. The van der Waals surface area contributed by atoms with Crippen molar-refractivity contribution in [3.63, 3.8) is 0 Å². The zero-order valence-corrected chi connectivity index (χ0v) is 8.80. The Labute approximate surface area is 88.9 Å². The van der Waals surface area contributed by atoms with Gasteiger partial charge in [0.2, 0.25) is 0 Å². The molecule has 1 aromatic heterocycles. The van der Waals surface area contributed by atoms with Crippen LogP contribution in [0.3, 0.4) is 0 Å². The maximum absolute atomic E-state index is 5.90. The van der Waals surface area contributed by atoms with E-state index in [4.69, 9.17) is 11.6 Å². The van der Waals surface area contributed by atoms with Crippen molar-refractivity contribution in [3.8, 4) is 0 Å². The van der Waals surface area contributed by atoms with E-state index >= 15 is 0 Å². The number of rotatable bonds is 4. The summed E-state index contributed by atoms with van der Waals surface area (Å²) in [6.07, 6.45) is 8.52. The predicted octanol–water partition coefficient (Wildman–Crippen LogP) is 2.73. The Morgan fingerprint density at radius 3 is 3.00 bits per heavy atom. The van der Waals surface area contributed by atoms with Crippen molar-refractivity contribution in [2.45, 2.75) is 25.7 Å². The number of nitrogens with zero attached hydrogens (tertiary/aromatic N) is 2. The van der Waals surface area contributed by atoms with Gasteiger partial charge in [0.1, 0.15) is 17.2 Å². The Morgan fingerprint density at radius 2 is 2.36 bits per heavy atom. The zero-order valence-electron chi connectivity index (χ0n) is 8.04. The molecular weight excluding hydrogens is 198 g/mol. The maximum Gasteiger partial charge on any atom is 0.148 e. The van der Waals surface area contributed by atoms with Crippen LogP contribution in [0.1, 0.15) is 25.7 Å². The standard InChI is InChI=1S/C10H14ClN3/c11-9-6-12-7-14-10(9)13-5-4-8-2-1-3-8/h6-8H,1-5H2,(H,12,13,14). The average Bonchev–Trinajstić information content (AvgIpc) is 2.12. The van der Waals surface area contributed by atoms with E-state index in [1.807, 2.05) is 0 Å². The Balaban J connectivity index is 1.76. The van der Waals surface area contributed by atoms with Gasteiger partial charge in [-0.2, -0.15) is 0 Å². The fraction of sp³-hybridized carbons (Fsp3) is 0.600. The van der Waals surface area contributed by atoms with Crippen molar-refractivity contribution in [1.82, 2.24) is 9.97 Å². The molecule has 1 saturated carbocycles. The Kier molecular flexibility index (Phi) is 3.19. The van der Waals surface area contributed by atoms with Gasteiger partial charge < -0.3 is 5.32 Å². The summed E-state index contributed by atoms with van der Waals surface area (Å²) in [4.78, 5) is 7.90. The highest BCUT2D eigenvalue weighted by Crippen LogP contribution is 2.29. The van der Waals surface area contributed by atoms with Crippen LogP contribution >= 0.6 is 11.6 Å². The van der Waals surface area contributed by atoms with Crippen molar-refractivity contribution >= 4 is 17.4 Å². The number of anilines is 1. The van der Waals surface area contributed by atoms with Crippen LogP contribution in [0.4, 0.5) is 5.82 Å². The van der Waals surface area contributed by atoms with E-state index in [0.29, 0.717) is 5.02 Å². The SMILES string of the molecule is Clc1cncnc1NCCC1CCC1. The van der Waals surface area contributed by atoms with Gasteiger partial charge >= 0.3 is 0 Å². The van der Waals surface area contributed by atoms with Gasteiger partial charge in [-0.25, -0.2) is 9.97 Å². The quantitative estimate of drug-likeness (QED) is 0.832. The summed E-state index contributed by atoms with van der Waals surface area (Å²) < 4.78 is 0. The van der Waals surface area contributed by atoms with Crippen LogP contribution in [-0.4, -0.2) is 16.5 Å². The van der Waals surface area contributed by atoms with Crippen molar-refractivity contribution < 1.29 is 0 Å². The van der Waals surface area contributed by atoms with Crippen LogP contribution < -0.4 is 5.32 Å². The minimum Gasteiger partial charge on any atom is -0.369 e. The van der Waals surface area contributed by atoms with Gasteiger partial charge in [0.15, 0.2) is 0 Å². The molecule has 0 atom stereocenters. The predicted molar refractivity (Wildman–Crippen MR) is 57.5 cm³/mol. The molecule has 1 aliphatic carbocycles. The summed E-state index contributed by atoms with van der Waals surface area (Å²) in [5.74, 6) is 1.67. The fourth-order valence-electron chi connectivity index (χ4n) is 1.62. The van der Waals surface area contributed by atoms with Gasteiger partial charge in [-0.15, -0.1) is 0 Å². The molecule has 76 valence electrons. The van der Waals surface area contributed by atoms with Crippen LogP contribution in [0, 0.1) is 5.92 Å². The van der Waals surface area contributed by atoms with Crippen molar-refractivity contribution in [3.05, 3.63) is 17.5 Å². The molecule has 4 heteroatoms. The van der Waals surface area contributed by atoms with Crippen LogP contribution in [-0.2, 0) is 0 Å². The average molecular weight is 212 g/mol. The second-order valence-electron chi connectivity index (χ2n) is 3.73. The molecule has 0 unspecified atom stereocenters. The molecule has 2 rings (SSSR count). The van der Waals surface area contributed by atoms with E-state index in [1.54, 1.807) is 6.20 Å². The van der Waals surface area contributed by atoms with Gasteiger partial charge in [-0.1, -0.05) is 30.9 Å². The first-order chi connectivity index (χ1) is 6.86. The summed E-state index contributed by atoms with van der Waals surface area (Å²) in [5, 5.41) is 3.83. The highest BCUT2D eigenvalue weighted by molar-refractivity contribution is 6.32. The highest BCUT2D eigenvalue weighted by atomic mass is 35.5. The minimum absolute atomic E-state index is 0.598. The lowest BCUT2D eigenvalue weighted by Gasteiger charge is -2.25. The molecule has 0 saturated heterocycles. The summed E-state index contributed by atoms with van der Waals surface area (Å²) in [5.41, 5.74) is 0. The topological polar surface area (TPSA) is 37.8 Å². The van der Waals surface area contributed by atoms with Gasteiger partial charge in [-0.3, -0.25) is 0 Å². The second kappa shape index (κ2) is 4.60. The molecular formula is C10H14ClN3. The molecule has 1 fully saturated rings. The number of hydrogen-bond donors (Lipinski definition) is 1. The molecule has 0 amide bonds. The second-order valence-corrected chi connectivity index (χ2v) is 4.14. The lowest BCUT2D eigenvalue weighted by atomic mass is 9.83. The largest absolute Gasteiger partial charge is 0.369 e. The smallest absolute Gasteiger partial charge is 0.148 e. The molecule has 0 radical (unpaired) electrons. The van der Waals surface area contributed by atoms with Crippen molar-refractivity contribution in [2.24, 2.45) is 5.92 Å². The fourth-order valence-corrected chi connectivity index (χ4v) is 1.79. The number of halogens is 1. The highest BCUT2D eigenvalue weighted by Gasteiger charge is 2.16. The summed E-state index contributed by atoms with van der Waals surface area (Å²) in [6, 6.07) is 0. The van der Waals surface area contributed by atoms with Gasteiger partial charge in [-0.05, 0) is 12.3 Å². The van der Waals surface area contributed by atoms with E-state index in [0.717, 1.165) is 18.3 Å². The molecule has 0 spiro atoms. The first kappa shape index (κ1) is 9.71. The van der Waals surface area contributed by atoms with E-state index in [9.17, 15) is 0 Å². The van der Waals surface area contributed by atoms with E-state index in [-0.39, 0.29) is 0 Å². The third-order valence-corrected chi connectivity index (χ3v) is 3.01. The summed E-state index contributed by atoms with van der Waals surface area (Å²) in [6.45, 7) is 0.960. The third kappa shape index (κ3) is 2.35. The zero-order chi connectivity index (χ0) is 9.80. The van der Waals surface area contributed by atoms with E-state index in [1.165, 1.54) is 32.0 Å². The molecule has 14 heavy (non-hydrogen) atoms. The van der Waals surface area contributed by atoms with Crippen molar-refractivity contribution in [2.75, 3.05) is 11.9 Å². The lowest BCUT2D eigenvalue weighted by Crippen LogP contribution is -2.16. The van der Waals surface area contributed by atoms with E-state index in [2.05, 4.69) is 15.3 Å². The molecule has 0 aliphatic heterocycles. The normalized spacial score (nSPS) is 16.4. The minimum atomic E-state index is 0.598. The number of aromatic nitrogens is 2. The first-order valence-electron chi connectivity index (χ1n) is 5.05. The molecule has 1 aromatic rings. The maximum atomic E-state index is 5.90. The Hall–Kier alpha value is -0.830. The van der Waals surface area contributed by atoms with Gasteiger partial charge in [0.05, 0.1) is 6.20 Å². The Morgan fingerprint density at radius 1 is 1.50 bits per heavy atom. The molecule has 1 N–H and O–H groups in total. The first-order valence-corrected chi connectivity index (χ1v) is 5.43. The van der Waals surface area contributed by atoms with Crippen molar-refractivity contribution in [1.29, 1.82) is 0 Å². The van der Waals surface area contributed by atoms with Crippen LogP contribution in [0.15, 0.2) is 12.5 Å². The number of nitrogens with one attached hydrogen (secondary N) is 1. The molecule has 1 heterocycles. The molecule has 3 nitrogen and oxygen atoms in total. The van der Waals surface area contributed by atoms with Gasteiger partial charge in [0.25, 0.3) is 0 Å². The molecule has 0 bridgehead atoms. The van der Waals surface area contributed by atoms with Gasteiger partial charge in [0, 0.05) is 6.54 Å². The Bertz CT molecular complexity index is 299. The van der Waals surface area contributed by atoms with Crippen LogP contribution in [0.2, 0.25) is 5.02 Å². The lowest BCUT2D eigenvalue weighted by molar-refractivity contribution is 0.303. The molecule has 0 aromatic carbocycles. The number of hydrogen-bond acceptors (Lipinski definition) is 3.